The van der Waals surface area contributed by atoms with Gasteiger partial charge in [-0.05, 0) is 26.0 Å². The average molecular weight is 761 g/mol. The van der Waals surface area contributed by atoms with Gasteiger partial charge in [0.1, 0.15) is 17.1 Å². The van der Waals surface area contributed by atoms with E-state index < -0.39 is 84.9 Å². The van der Waals surface area contributed by atoms with E-state index in [1.54, 1.807) is 0 Å². The minimum Gasteiger partial charge on any atom is -0.504 e. The summed E-state index contributed by atoms with van der Waals surface area (Å²) in [5.41, 5.74) is 3.01. The minimum absolute atomic E-state index is 0.0183. The summed E-state index contributed by atoms with van der Waals surface area (Å²) >= 11 is 8.67. The Kier molecular flexibility index (Phi) is 11.2. The van der Waals surface area contributed by atoms with Crippen LogP contribution in [0.2, 0.25) is 5.02 Å². The first-order valence-electron chi connectivity index (χ1n) is 13.9. The number of aromatic nitrogens is 1. The van der Waals surface area contributed by atoms with Crippen molar-refractivity contribution in [1.82, 2.24) is 20.5 Å². The fourth-order valence-corrected chi connectivity index (χ4v) is 8.22. The summed E-state index contributed by atoms with van der Waals surface area (Å²) in [5, 5.41) is 47.5. The Balaban J connectivity index is 1.40. The number of fused-ring (bicyclic) bond motifs is 1. The fraction of sp³-hybridized carbons (Fsp3) is 0.407. The van der Waals surface area contributed by atoms with Crippen LogP contribution in [0.3, 0.4) is 0 Å². The number of anilines is 1. The van der Waals surface area contributed by atoms with E-state index in [1.165, 1.54) is 31.2 Å². The van der Waals surface area contributed by atoms with Gasteiger partial charge in [-0.2, -0.15) is 0 Å². The molecule has 264 valence electrons. The number of phenolic OH excluding ortho intramolecular Hbond substituents is 2. The number of rotatable bonds is 15. The lowest BCUT2D eigenvalue weighted by Gasteiger charge is -2.41. The van der Waals surface area contributed by atoms with Crippen molar-refractivity contribution in [2.45, 2.75) is 41.0 Å². The number of Topliss-reactive ketones (excluding diaryl/α,β-unsaturated/α-hetero) is 1. The molecule has 8 N–H and O–H groups in total. The number of ketones is 1. The van der Waals surface area contributed by atoms with Gasteiger partial charge in [0.05, 0.1) is 23.2 Å². The Morgan fingerprint density at radius 3 is 2.53 bits per heavy atom. The Bertz CT molecular complexity index is 1740. The van der Waals surface area contributed by atoms with Gasteiger partial charge in [-0.1, -0.05) is 16.8 Å². The van der Waals surface area contributed by atoms with Gasteiger partial charge < -0.3 is 51.3 Å². The second-order valence-corrected chi connectivity index (χ2v) is 15.2. The molecule has 49 heavy (non-hydrogen) atoms. The number of benzene rings is 1. The van der Waals surface area contributed by atoms with Crippen molar-refractivity contribution in [3.05, 3.63) is 33.8 Å². The van der Waals surface area contributed by atoms with Crippen LogP contribution in [0, 0.1) is 0 Å². The highest BCUT2D eigenvalue weighted by molar-refractivity contribution is 8.20. The first kappa shape index (κ1) is 37.5. The highest BCUT2D eigenvalue weighted by Gasteiger charge is 2.63. The summed E-state index contributed by atoms with van der Waals surface area (Å²) in [6.45, 7) is 1.94. The Labute approximate surface area is 294 Å². The van der Waals surface area contributed by atoms with Crippen LogP contribution in [0.4, 0.5) is 5.13 Å². The topological polar surface area (TPSA) is 280 Å². The molecule has 0 bridgehead atoms. The van der Waals surface area contributed by atoms with E-state index >= 15 is 0 Å². The number of halogens is 1. The number of carboxylic acids is 2. The largest absolute Gasteiger partial charge is 0.504 e. The van der Waals surface area contributed by atoms with E-state index in [0.717, 1.165) is 47.0 Å². The maximum absolute atomic E-state index is 13.3. The van der Waals surface area contributed by atoms with Crippen LogP contribution in [0.25, 0.3) is 0 Å². The molecule has 2 aliphatic heterocycles. The number of methoxy groups -OCH3 is 1. The van der Waals surface area contributed by atoms with E-state index in [-0.39, 0.29) is 35.2 Å². The summed E-state index contributed by atoms with van der Waals surface area (Å²) in [4.78, 5) is 85.7. The highest BCUT2D eigenvalue weighted by Crippen LogP contribution is 2.52. The van der Waals surface area contributed by atoms with Crippen molar-refractivity contribution >= 4 is 92.7 Å². The number of nitrogens with one attached hydrogen (secondary N) is 2. The molecule has 4 rings (SSSR count). The van der Waals surface area contributed by atoms with Crippen molar-refractivity contribution in [3.8, 4) is 11.5 Å². The molecular formula is C27H29ClN6O12S3. The van der Waals surface area contributed by atoms with Crippen LogP contribution in [0.5, 0.6) is 11.5 Å². The van der Waals surface area contributed by atoms with Gasteiger partial charge in [0.25, 0.3) is 17.6 Å². The number of phenols is 2. The van der Waals surface area contributed by atoms with Crippen molar-refractivity contribution in [2.24, 2.45) is 5.16 Å². The van der Waals surface area contributed by atoms with E-state index in [2.05, 4.69) is 20.8 Å². The third-order valence-corrected chi connectivity index (χ3v) is 11.6. The molecule has 0 saturated carbocycles. The molecule has 2 saturated heterocycles. The maximum Gasteiger partial charge on any atom is 0.350 e. The molecule has 0 aliphatic carbocycles. The van der Waals surface area contributed by atoms with Gasteiger partial charge in [0.15, 0.2) is 26.4 Å². The smallest absolute Gasteiger partial charge is 0.350 e. The first-order chi connectivity index (χ1) is 22.9. The first-order valence-corrected chi connectivity index (χ1v) is 17.0. The highest BCUT2D eigenvalue weighted by atomic mass is 35.5. The van der Waals surface area contributed by atoms with Gasteiger partial charge in [0, 0.05) is 24.8 Å². The fourth-order valence-electron chi connectivity index (χ4n) is 4.26. The second-order valence-electron chi connectivity index (χ2n) is 10.9. The predicted molar refractivity (Wildman–Crippen MR) is 177 cm³/mol. The molecule has 0 spiro atoms. The van der Waals surface area contributed by atoms with Crippen LogP contribution >= 0.6 is 46.5 Å². The molecular weight excluding hydrogens is 732 g/mol. The van der Waals surface area contributed by atoms with E-state index in [1.807, 2.05) is 0 Å². The number of hydrogen-bond acceptors (Lipinski definition) is 16. The number of nitrogens with two attached hydrogens (primary N) is 1. The number of thioether (sulfide) groups is 2. The SMILES string of the molecule is CO[C@@H](CNC(=O)C(=O)c1ccc(O)c(O)c1Cl)CS[C@]1(C(=O)O)CN2C(=O)[C@@H](NC(=O)/C(=N\OC(C)(C)C(=O)O)c3csc(N)n3)[C@H]2S1. The molecule has 2 aliphatic rings. The maximum atomic E-state index is 13.3. The zero-order chi connectivity index (χ0) is 36.4. The zero-order valence-electron chi connectivity index (χ0n) is 25.7. The Hall–Kier alpha value is -4.31. The number of nitrogens with zero attached hydrogens (tertiary/aromatic N) is 3. The summed E-state index contributed by atoms with van der Waals surface area (Å²) in [7, 11) is 1.31. The van der Waals surface area contributed by atoms with Crippen LogP contribution in [-0.2, 0) is 33.5 Å². The third kappa shape index (κ3) is 7.80. The molecule has 2 aromatic rings. The summed E-state index contributed by atoms with van der Waals surface area (Å²) < 4.78 is 3.75. The predicted octanol–water partition coefficient (Wildman–Crippen LogP) is 0.302. The molecule has 3 heterocycles. The molecule has 18 nitrogen and oxygen atoms in total. The van der Waals surface area contributed by atoms with Crippen LogP contribution < -0.4 is 16.4 Å². The lowest BCUT2D eigenvalue weighted by Crippen LogP contribution is -2.68. The monoisotopic (exact) mass is 760 g/mol. The van der Waals surface area contributed by atoms with Crippen LogP contribution in [-0.4, -0.2) is 125 Å². The molecule has 3 amide bonds. The number of carbonyl (C=O) groups is 6. The number of aromatic hydroxyl groups is 2. The lowest BCUT2D eigenvalue weighted by atomic mass is 10.1. The van der Waals surface area contributed by atoms with Gasteiger partial charge >= 0.3 is 11.9 Å². The molecule has 2 fully saturated rings. The number of carboxylic acid groups (broad SMARTS) is 2. The van der Waals surface area contributed by atoms with Gasteiger partial charge in [-0.15, -0.1) is 34.9 Å². The zero-order valence-corrected chi connectivity index (χ0v) is 28.9. The number of hydrogen-bond donors (Lipinski definition) is 7. The molecule has 22 heteroatoms. The van der Waals surface area contributed by atoms with E-state index in [4.69, 9.17) is 26.9 Å². The summed E-state index contributed by atoms with van der Waals surface area (Å²) in [6.07, 6.45) is -0.805. The number of aliphatic carboxylic acids is 2. The Morgan fingerprint density at radius 1 is 1.24 bits per heavy atom. The van der Waals surface area contributed by atoms with Crippen LogP contribution in [0.15, 0.2) is 22.7 Å². The summed E-state index contributed by atoms with van der Waals surface area (Å²) in [6, 6.07) is 0.877. The Morgan fingerprint density at radius 2 is 1.94 bits per heavy atom. The van der Waals surface area contributed by atoms with Crippen molar-refractivity contribution in [1.29, 1.82) is 0 Å². The summed E-state index contributed by atoms with van der Waals surface area (Å²) in [5.74, 6) is -7.73. The quantitative estimate of drug-likeness (QED) is 0.0321. The number of ether oxygens (including phenoxy) is 1. The standard InChI is InChI=1S/C27H29ClN6O12S3/c1-26(2,23(41)42)46-33-15(12-8-47-25(29)31-12)19(38)32-16-21(40)34-9-27(24(43)44,49-22(16)34)48-7-10(45-3)6-30-20(39)17(36)11-4-5-13(35)18(37)14(11)28/h4-5,8,10,16,22,35,37H,6-7,9H2,1-3H3,(H2,29,31)(H,30,39)(H,32,38)(H,41,42)(H,43,44)/b33-15-/t10-,16+,22+,27+/m0/s1. The van der Waals surface area contributed by atoms with E-state index in [9.17, 15) is 49.2 Å². The van der Waals surface area contributed by atoms with Crippen molar-refractivity contribution < 1.29 is 58.8 Å². The van der Waals surface area contributed by atoms with E-state index in [0.29, 0.717) is 0 Å². The molecule has 1 aromatic carbocycles. The number of amides is 3. The number of carbonyl (C=O) groups excluding carboxylic acids is 4. The molecule has 4 atom stereocenters. The lowest BCUT2D eigenvalue weighted by molar-refractivity contribution is -0.161. The average Bonchev–Trinajstić information content (AvgIpc) is 3.64. The number of thiazole rings is 1. The van der Waals surface area contributed by atoms with Crippen molar-refractivity contribution in [3.63, 3.8) is 0 Å². The molecule has 0 radical (unpaired) electrons. The van der Waals surface area contributed by atoms with Gasteiger partial charge in [-0.25, -0.2) is 14.6 Å². The number of oxime groups is 1. The normalized spacial score (nSPS) is 20.9. The minimum atomic E-state index is -1.82. The van der Waals surface area contributed by atoms with Crippen LogP contribution in [0.1, 0.15) is 29.9 Å². The number of nitrogen functional groups attached to an aromatic ring is 1. The van der Waals surface area contributed by atoms with Gasteiger partial charge in [0.2, 0.25) is 11.5 Å². The number of β-lactam (4-membered cyclic amide) rings is 1. The second kappa shape index (κ2) is 14.7. The third-order valence-electron chi connectivity index (χ3n) is 7.18. The molecule has 1 aromatic heterocycles. The molecule has 0 unspecified atom stereocenters. The van der Waals surface area contributed by atoms with Crippen molar-refractivity contribution in [2.75, 3.05) is 31.7 Å². The van der Waals surface area contributed by atoms with Gasteiger partial charge in [-0.3, -0.25) is 19.2 Å².